The Balaban J connectivity index is 1.54. The Kier molecular flexibility index (Phi) is 5.24. The molecule has 2 amide bonds. The number of hydrogen-bond acceptors (Lipinski definition) is 2. The van der Waals surface area contributed by atoms with Gasteiger partial charge in [0, 0.05) is 36.7 Å². The van der Waals surface area contributed by atoms with Crippen LogP contribution in [0.4, 0.5) is 0 Å². The minimum absolute atomic E-state index is 0.0407. The molecule has 0 bridgehead atoms. The first kappa shape index (κ1) is 18.0. The molecule has 1 saturated heterocycles. The Morgan fingerprint density at radius 2 is 1.46 bits per heavy atom. The van der Waals surface area contributed by atoms with E-state index in [4.69, 9.17) is 0 Å². The maximum atomic E-state index is 13.0. The van der Waals surface area contributed by atoms with Crippen LogP contribution in [0, 0.1) is 0 Å². The summed E-state index contributed by atoms with van der Waals surface area (Å²) in [6, 6.07) is 20.0. The minimum Gasteiger partial charge on any atom is -0.341 e. The quantitative estimate of drug-likeness (QED) is 0.743. The van der Waals surface area contributed by atoms with Crippen molar-refractivity contribution in [3.8, 4) is 5.69 Å². The molecule has 2 heterocycles. The summed E-state index contributed by atoms with van der Waals surface area (Å²) in [6.45, 7) is 1.51. The number of likely N-dealkylation sites (tertiary alicyclic amines) is 1. The maximum absolute atomic E-state index is 13.0. The third-order valence-corrected chi connectivity index (χ3v) is 5.11. The number of nitrogens with zero attached hydrogens (tertiary/aromatic N) is 2. The summed E-state index contributed by atoms with van der Waals surface area (Å²) in [5.74, 6) is -0.290. The van der Waals surface area contributed by atoms with Gasteiger partial charge in [-0.2, -0.15) is 0 Å². The number of aromatic nitrogens is 1. The lowest BCUT2D eigenvalue weighted by Gasteiger charge is -2.24. The average molecular weight is 373 g/mol. The first-order valence-corrected chi connectivity index (χ1v) is 9.60. The predicted molar refractivity (Wildman–Crippen MR) is 108 cm³/mol. The van der Waals surface area contributed by atoms with E-state index in [-0.39, 0.29) is 11.8 Å². The van der Waals surface area contributed by atoms with Crippen molar-refractivity contribution in [2.45, 2.75) is 18.9 Å². The molecular formula is C23H23N3O2. The summed E-state index contributed by atoms with van der Waals surface area (Å²) < 4.78 is 1.98. The van der Waals surface area contributed by atoms with E-state index in [0.29, 0.717) is 5.56 Å². The maximum Gasteiger partial charge on any atom is 0.252 e. The zero-order valence-corrected chi connectivity index (χ0v) is 15.6. The van der Waals surface area contributed by atoms with Crippen molar-refractivity contribution >= 4 is 11.8 Å². The van der Waals surface area contributed by atoms with Gasteiger partial charge in [-0.15, -0.1) is 0 Å². The molecule has 5 nitrogen and oxygen atoms in total. The molecule has 1 aliphatic heterocycles. The molecule has 1 fully saturated rings. The summed E-state index contributed by atoms with van der Waals surface area (Å²) in [5, 5.41) is 2.94. The number of amides is 2. The van der Waals surface area contributed by atoms with Crippen LogP contribution in [-0.4, -0.2) is 34.4 Å². The van der Waals surface area contributed by atoms with Crippen LogP contribution >= 0.6 is 0 Å². The molecule has 0 radical (unpaired) electrons. The van der Waals surface area contributed by atoms with E-state index < -0.39 is 6.04 Å². The van der Waals surface area contributed by atoms with Crippen molar-refractivity contribution in [1.29, 1.82) is 0 Å². The SMILES string of the molecule is O=C(N[C@H](C(=O)N1CCCC1)c1ccccc1)c1ccc(-n2cccc2)cc1. The van der Waals surface area contributed by atoms with Crippen LogP contribution in [0.15, 0.2) is 79.1 Å². The fourth-order valence-electron chi connectivity index (χ4n) is 3.56. The van der Waals surface area contributed by atoms with E-state index in [1.165, 1.54) is 0 Å². The van der Waals surface area contributed by atoms with E-state index in [1.807, 2.05) is 76.5 Å². The van der Waals surface area contributed by atoms with Gasteiger partial charge >= 0.3 is 0 Å². The van der Waals surface area contributed by atoms with Gasteiger partial charge in [-0.3, -0.25) is 9.59 Å². The number of hydrogen-bond donors (Lipinski definition) is 1. The van der Waals surface area contributed by atoms with Crippen LogP contribution in [0.1, 0.15) is 34.8 Å². The lowest BCUT2D eigenvalue weighted by atomic mass is 10.0. The third kappa shape index (κ3) is 3.83. The van der Waals surface area contributed by atoms with Gasteiger partial charge in [0.1, 0.15) is 6.04 Å². The molecular weight excluding hydrogens is 350 g/mol. The molecule has 0 spiro atoms. The van der Waals surface area contributed by atoms with Crippen LogP contribution < -0.4 is 5.32 Å². The topological polar surface area (TPSA) is 54.3 Å². The summed E-state index contributed by atoms with van der Waals surface area (Å²) in [6.07, 6.45) is 5.94. The Hall–Kier alpha value is -3.34. The largest absolute Gasteiger partial charge is 0.341 e. The third-order valence-electron chi connectivity index (χ3n) is 5.11. The fourth-order valence-corrected chi connectivity index (χ4v) is 3.56. The second-order valence-electron chi connectivity index (χ2n) is 6.99. The zero-order chi connectivity index (χ0) is 19.3. The molecule has 5 heteroatoms. The lowest BCUT2D eigenvalue weighted by molar-refractivity contribution is -0.132. The highest BCUT2D eigenvalue weighted by molar-refractivity contribution is 5.98. The molecule has 1 aliphatic rings. The van der Waals surface area contributed by atoms with E-state index in [9.17, 15) is 9.59 Å². The van der Waals surface area contributed by atoms with Crippen molar-refractivity contribution in [3.63, 3.8) is 0 Å². The monoisotopic (exact) mass is 373 g/mol. The highest BCUT2D eigenvalue weighted by Gasteiger charge is 2.29. The molecule has 142 valence electrons. The lowest BCUT2D eigenvalue weighted by Crippen LogP contribution is -2.41. The van der Waals surface area contributed by atoms with Gasteiger partial charge in [-0.05, 0) is 54.8 Å². The van der Waals surface area contributed by atoms with Gasteiger partial charge in [0.25, 0.3) is 5.91 Å². The summed E-state index contributed by atoms with van der Waals surface area (Å²) >= 11 is 0. The van der Waals surface area contributed by atoms with Crippen molar-refractivity contribution < 1.29 is 9.59 Å². The molecule has 0 aliphatic carbocycles. The molecule has 28 heavy (non-hydrogen) atoms. The Morgan fingerprint density at radius 1 is 0.821 bits per heavy atom. The Morgan fingerprint density at radius 3 is 2.11 bits per heavy atom. The van der Waals surface area contributed by atoms with Gasteiger partial charge in [0.15, 0.2) is 0 Å². The molecule has 1 atom stereocenters. The van der Waals surface area contributed by atoms with Crippen LogP contribution in [0.25, 0.3) is 5.69 Å². The first-order chi connectivity index (χ1) is 13.7. The van der Waals surface area contributed by atoms with Gasteiger partial charge in [-0.25, -0.2) is 0 Å². The van der Waals surface area contributed by atoms with Gasteiger partial charge in [0.2, 0.25) is 5.91 Å². The zero-order valence-electron chi connectivity index (χ0n) is 15.6. The van der Waals surface area contributed by atoms with Crippen LogP contribution in [0.5, 0.6) is 0 Å². The molecule has 1 N–H and O–H groups in total. The highest BCUT2D eigenvalue weighted by Crippen LogP contribution is 2.20. The summed E-state index contributed by atoms with van der Waals surface area (Å²) in [4.78, 5) is 27.7. The van der Waals surface area contributed by atoms with Crippen molar-refractivity contribution in [1.82, 2.24) is 14.8 Å². The molecule has 2 aromatic carbocycles. The summed E-state index contributed by atoms with van der Waals surface area (Å²) in [7, 11) is 0. The molecule has 0 unspecified atom stereocenters. The second kappa shape index (κ2) is 8.13. The molecule has 4 rings (SSSR count). The van der Waals surface area contributed by atoms with Crippen molar-refractivity contribution in [3.05, 3.63) is 90.3 Å². The standard InChI is InChI=1S/C23H23N3O2/c27-22(19-10-12-20(13-11-19)25-14-4-5-15-25)24-21(18-8-2-1-3-9-18)23(28)26-16-6-7-17-26/h1-5,8-15,21H,6-7,16-17H2,(H,24,27)/t21-/m0/s1. The van der Waals surface area contributed by atoms with Crippen molar-refractivity contribution in [2.24, 2.45) is 0 Å². The van der Waals surface area contributed by atoms with Crippen LogP contribution in [0.3, 0.4) is 0 Å². The smallest absolute Gasteiger partial charge is 0.252 e. The molecule has 1 aromatic heterocycles. The molecule has 0 saturated carbocycles. The Bertz CT molecular complexity index is 928. The van der Waals surface area contributed by atoms with Crippen LogP contribution in [-0.2, 0) is 4.79 Å². The fraction of sp³-hybridized carbons (Fsp3) is 0.217. The van der Waals surface area contributed by atoms with E-state index in [2.05, 4.69) is 5.32 Å². The van der Waals surface area contributed by atoms with Gasteiger partial charge < -0.3 is 14.8 Å². The highest BCUT2D eigenvalue weighted by atomic mass is 16.2. The van der Waals surface area contributed by atoms with E-state index in [1.54, 1.807) is 12.1 Å². The molecule has 3 aromatic rings. The second-order valence-corrected chi connectivity index (χ2v) is 6.99. The number of rotatable bonds is 5. The first-order valence-electron chi connectivity index (χ1n) is 9.60. The predicted octanol–water partition coefficient (Wildman–Crippen LogP) is 3.57. The van der Waals surface area contributed by atoms with Crippen molar-refractivity contribution in [2.75, 3.05) is 13.1 Å². The average Bonchev–Trinajstić information content (AvgIpc) is 3.46. The Labute approximate surface area is 164 Å². The van der Waals surface area contributed by atoms with E-state index in [0.717, 1.165) is 37.2 Å². The van der Waals surface area contributed by atoms with Gasteiger partial charge in [0.05, 0.1) is 0 Å². The number of carbonyl (C=O) groups is 2. The van der Waals surface area contributed by atoms with Crippen LogP contribution in [0.2, 0.25) is 0 Å². The minimum atomic E-state index is -0.670. The number of carbonyl (C=O) groups excluding carboxylic acids is 2. The van der Waals surface area contributed by atoms with E-state index >= 15 is 0 Å². The number of benzene rings is 2. The summed E-state index contributed by atoms with van der Waals surface area (Å²) in [5.41, 5.74) is 2.32. The number of nitrogens with one attached hydrogen (secondary N) is 1. The van der Waals surface area contributed by atoms with Gasteiger partial charge in [-0.1, -0.05) is 30.3 Å². The normalized spacial score (nSPS) is 14.6.